The monoisotopic (exact) mass is 235 g/mol. The fraction of sp³-hybridized carbons (Fsp3) is 0.786. The Morgan fingerprint density at radius 3 is 2.76 bits per heavy atom. The summed E-state index contributed by atoms with van der Waals surface area (Å²) in [7, 11) is 1.99. The Labute approximate surface area is 105 Å². The van der Waals surface area contributed by atoms with E-state index in [1.165, 1.54) is 37.7 Å². The minimum Gasteiger partial charge on any atom is -0.314 e. The van der Waals surface area contributed by atoms with E-state index in [0.717, 1.165) is 18.9 Å². The molecule has 1 saturated carbocycles. The van der Waals surface area contributed by atoms with Gasteiger partial charge in [0, 0.05) is 19.3 Å². The van der Waals surface area contributed by atoms with E-state index in [0.29, 0.717) is 6.04 Å². The van der Waals surface area contributed by atoms with Gasteiger partial charge in [0.05, 0.1) is 6.20 Å². The normalized spacial score (nSPS) is 19.4. The van der Waals surface area contributed by atoms with E-state index in [4.69, 9.17) is 0 Å². The summed E-state index contributed by atoms with van der Waals surface area (Å²) in [6.07, 6.45) is 12.4. The van der Waals surface area contributed by atoms with E-state index in [-0.39, 0.29) is 0 Å². The van der Waals surface area contributed by atoms with Crippen molar-refractivity contribution < 1.29 is 0 Å². The lowest BCUT2D eigenvalue weighted by molar-refractivity contribution is 0.269. The van der Waals surface area contributed by atoms with Crippen LogP contribution in [-0.4, -0.2) is 22.4 Å². The molecule has 1 aliphatic carbocycles. The summed E-state index contributed by atoms with van der Waals surface area (Å²) in [6.45, 7) is 3.28. The quantitative estimate of drug-likeness (QED) is 0.850. The number of hydrogen-bond acceptors (Lipinski definition) is 2. The molecule has 0 radical (unpaired) electrons. The largest absolute Gasteiger partial charge is 0.314 e. The van der Waals surface area contributed by atoms with Crippen LogP contribution in [0.25, 0.3) is 0 Å². The van der Waals surface area contributed by atoms with Crippen LogP contribution in [0.2, 0.25) is 0 Å². The van der Waals surface area contributed by atoms with Gasteiger partial charge in [0.2, 0.25) is 0 Å². The van der Waals surface area contributed by atoms with Crippen molar-refractivity contribution in [3.8, 4) is 0 Å². The van der Waals surface area contributed by atoms with Crippen LogP contribution in [0.3, 0.4) is 0 Å². The second-order valence-corrected chi connectivity index (χ2v) is 5.29. The molecule has 0 aliphatic heterocycles. The summed E-state index contributed by atoms with van der Waals surface area (Å²) in [5.74, 6) is 0.865. The molecule has 0 amide bonds. The second kappa shape index (κ2) is 6.20. The van der Waals surface area contributed by atoms with Gasteiger partial charge in [-0.3, -0.25) is 4.68 Å². The van der Waals surface area contributed by atoms with Gasteiger partial charge in [0.1, 0.15) is 0 Å². The van der Waals surface area contributed by atoms with E-state index in [2.05, 4.69) is 23.5 Å². The highest BCUT2D eigenvalue weighted by atomic mass is 15.2. The van der Waals surface area contributed by atoms with Crippen LogP contribution in [0, 0.1) is 5.92 Å². The number of nitrogens with one attached hydrogen (secondary N) is 1. The minimum atomic E-state index is 0.643. The summed E-state index contributed by atoms with van der Waals surface area (Å²) in [5, 5.41) is 7.94. The van der Waals surface area contributed by atoms with Gasteiger partial charge in [-0.15, -0.1) is 0 Å². The zero-order valence-corrected chi connectivity index (χ0v) is 11.2. The summed E-state index contributed by atoms with van der Waals surface area (Å²) in [5.41, 5.74) is 1.36. The minimum absolute atomic E-state index is 0.643. The Hall–Kier alpha value is -0.830. The predicted molar refractivity (Wildman–Crippen MR) is 71.0 cm³/mol. The van der Waals surface area contributed by atoms with E-state index in [1.54, 1.807) is 0 Å². The van der Waals surface area contributed by atoms with Crippen molar-refractivity contribution in [1.82, 2.24) is 15.1 Å². The van der Waals surface area contributed by atoms with Crippen LogP contribution >= 0.6 is 0 Å². The highest BCUT2D eigenvalue weighted by molar-refractivity contribution is 5.06. The van der Waals surface area contributed by atoms with Crippen molar-refractivity contribution in [3.05, 3.63) is 18.0 Å². The number of aryl methyl sites for hydroxylation is 1. The molecule has 1 unspecified atom stereocenters. The van der Waals surface area contributed by atoms with Crippen molar-refractivity contribution in [2.75, 3.05) is 6.54 Å². The van der Waals surface area contributed by atoms with Gasteiger partial charge in [-0.2, -0.15) is 5.10 Å². The van der Waals surface area contributed by atoms with E-state index in [1.807, 2.05) is 17.9 Å². The molecular weight excluding hydrogens is 210 g/mol. The lowest BCUT2D eigenvalue weighted by atomic mass is 9.82. The van der Waals surface area contributed by atoms with Gasteiger partial charge in [-0.05, 0) is 37.3 Å². The molecule has 1 aromatic rings. The van der Waals surface area contributed by atoms with E-state index < -0.39 is 0 Å². The first-order valence-electron chi connectivity index (χ1n) is 7.00. The van der Waals surface area contributed by atoms with Crippen LogP contribution in [0.15, 0.2) is 12.4 Å². The van der Waals surface area contributed by atoms with Gasteiger partial charge in [-0.1, -0.05) is 26.2 Å². The molecule has 1 atom stereocenters. The molecule has 0 aromatic carbocycles. The third kappa shape index (κ3) is 3.56. The Morgan fingerprint density at radius 1 is 1.41 bits per heavy atom. The molecule has 2 rings (SSSR count). The Kier molecular flexibility index (Phi) is 4.60. The Balaban J connectivity index is 1.95. The standard InChI is InChI=1S/C14H25N3/c1-3-15-14(13-7-5-4-6-8-13)9-12-10-16-17(2)11-12/h10-11,13-15H,3-9H2,1-2H3. The zero-order chi connectivity index (χ0) is 12.1. The number of nitrogens with zero attached hydrogens (tertiary/aromatic N) is 2. The molecule has 0 saturated heterocycles. The third-order valence-corrected chi connectivity index (χ3v) is 3.90. The number of rotatable bonds is 5. The summed E-state index contributed by atoms with van der Waals surface area (Å²) in [4.78, 5) is 0. The van der Waals surface area contributed by atoms with Crippen LogP contribution in [0.5, 0.6) is 0 Å². The predicted octanol–water partition coefficient (Wildman–Crippen LogP) is 2.52. The molecule has 1 heterocycles. The summed E-state index contributed by atoms with van der Waals surface area (Å²) < 4.78 is 1.90. The average Bonchev–Trinajstić information content (AvgIpc) is 2.75. The van der Waals surface area contributed by atoms with Crippen LogP contribution < -0.4 is 5.32 Å². The third-order valence-electron chi connectivity index (χ3n) is 3.90. The fourth-order valence-electron chi connectivity index (χ4n) is 3.04. The SMILES string of the molecule is CCNC(Cc1cnn(C)c1)C1CCCCC1. The molecule has 96 valence electrons. The first-order valence-corrected chi connectivity index (χ1v) is 7.00. The molecule has 1 fully saturated rings. The van der Waals surface area contributed by atoms with Crippen molar-refractivity contribution in [2.24, 2.45) is 13.0 Å². The lowest BCUT2D eigenvalue weighted by Gasteiger charge is -2.30. The van der Waals surface area contributed by atoms with Gasteiger partial charge < -0.3 is 5.32 Å². The van der Waals surface area contributed by atoms with Crippen LogP contribution in [0.1, 0.15) is 44.6 Å². The van der Waals surface area contributed by atoms with Crippen molar-refractivity contribution >= 4 is 0 Å². The topological polar surface area (TPSA) is 29.9 Å². The maximum Gasteiger partial charge on any atom is 0.0522 e. The second-order valence-electron chi connectivity index (χ2n) is 5.29. The molecule has 3 nitrogen and oxygen atoms in total. The van der Waals surface area contributed by atoms with E-state index in [9.17, 15) is 0 Å². The summed E-state index contributed by atoms with van der Waals surface area (Å²) in [6, 6.07) is 0.643. The molecule has 0 bridgehead atoms. The van der Waals surface area contributed by atoms with Gasteiger partial charge in [-0.25, -0.2) is 0 Å². The number of hydrogen-bond donors (Lipinski definition) is 1. The summed E-state index contributed by atoms with van der Waals surface area (Å²) >= 11 is 0. The molecule has 1 aliphatic rings. The Morgan fingerprint density at radius 2 is 2.18 bits per heavy atom. The van der Waals surface area contributed by atoms with E-state index >= 15 is 0 Å². The first kappa shape index (κ1) is 12.6. The number of aromatic nitrogens is 2. The van der Waals surface area contributed by atoms with Gasteiger partial charge in [0.25, 0.3) is 0 Å². The number of likely N-dealkylation sites (N-methyl/N-ethyl adjacent to an activating group) is 1. The molecule has 1 N–H and O–H groups in total. The maximum atomic E-state index is 4.26. The molecular formula is C14H25N3. The van der Waals surface area contributed by atoms with Crippen LogP contribution in [-0.2, 0) is 13.5 Å². The van der Waals surface area contributed by atoms with Crippen LogP contribution in [0.4, 0.5) is 0 Å². The zero-order valence-electron chi connectivity index (χ0n) is 11.2. The van der Waals surface area contributed by atoms with Gasteiger partial charge in [0.15, 0.2) is 0 Å². The highest BCUT2D eigenvalue weighted by Crippen LogP contribution is 2.27. The van der Waals surface area contributed by atoms with Crippen molar-refractivity contribution in [3.63, 3.8) is 0 Å². The molecule has 3 heteroatoms. The first-order chi connectivity index (χ1) is 8.29. The molecule has 1 aromatic heterocycles. The smallest absolute Gasteiger partial charge is 0.0522 e. The maximum absolute atomic E-state index is 4.26. The fourth-order valence-corrected chi connectivity index (χ4v) is 3.04. The van der Waals surface area contributed by atoms with Crippen molar-refractivity contribution in [1.29, 1.82) is 0 Å². The lowest BCUT2D eigenvalue weighted by Crippen LogP contribution is -2.38. The molecule has 0 spiro atoms. The average molecular weight is 235 g/mol. The van der Waals surface area contributed by atoms with Gasteiger partial charge >= 0.3 is 0 Å². The highest BCUT2D eigenvalue weighted by Gasteiger charge is 2.23. The Bertz CT molecular complexity index is 326. The van der Waals surface area contributed by atoms with Crippen molar-refractivity contribution in [2.45, 2.75) is 51.5 Å². The molecule has 17 heavy (non-hydrogen) atoms.